The van der Waals surface area contributed by atoms with Gasteiger partial charge < -0.3 is 20.1 Å². The number of ether oxygens (including phenoxy) is 2. The number of hydrogen-bond donors (Lipinski definition) is 2. The summed E-state index contributed by atoms with van der Waals surface area (Å²) in [5, 5.41) is 6.48. The second kappa shape index (κ2) is 6.75. The first-order valence-electron chi connectivity index (χ1n) is 7.60. The van der Waals surface area contributed by atoms with Gasteiger partial charge in [-0.1, -0.05) is 13.0 Å². The van der Waals surface area contributed by atoms with Crippen LogP contribution in [0, 0.1) is 0 Å². The first-order chi connectivity index (χ1) is 10.1. The summed E-state index contributed by atoms with van der Waals surface area (Å²) in [6, 6.07) is 5.74. The molecule has 2 heterocycles. The monoisotopic (exact) mass is 326 g/mol. The molecule has 2 N–H and O–H groups in total. The van der Waals surface area contributed by atoms with Gasteiger partial charge in [0.05, 0.1) is 11.6 Å². The fourth-order valence-corrected chi connectivity index (χ4v) is 3.06. The predicted molar refractivity (Wildman–Crippen MR) is 86.6 cm³/mol. The quantitative estimate of drug-likeness (QED) is 0.892. The topological polar surface area (TPSA) is 59.6 Å². The molecule has 0 aromatic heterocycles. The maximum Gasteiger partial charge on any atom is 0.240 e. The molecule has 0 aliphatic carbocycles. The number of rotatable bonds is 4. The van der Waals surface area contributed by atoms with Gasteiger partial charge in [0.25, 0.3) is 0 Å². The van der Waals surface area contributed by atoms with Crippen molar-refractivity contribution in [3.63, 3.8) is 0 Å². The van der Waals surface area contributed by atoms with E-state index in [0.29, 0.717) is 0 Å². The summed E-state index contributed by atoms with van der Waals surface area (Å²) in [5.41, 5.74) is 0.627. The van der Waals surface area contributed by atoms with Gasteiger partial charge in [0.1, 0.15) is 0 Å². The van der Waals surface area contributed by atoms with Crippen LogP contribution >= 0.6 is 12.4 Å². The second-order valence-corrected chi connectivity index (χ2v) is 5.77. The molecule has 0 bridgehead atoms. The molecule has 0 spiro atoms. The Labute approximate surface area is 137 Å². The van der Waals surface area contributed by atoms with Crippen molar-refractivity contribution in [2.45, 2.75) is 44.7 Å². The highest BCUT2D eigenvalue weighted by molar-refractivity contribution is 5.87. The van der Waals surface area contributed by atoms with E-state index in [-0.39, 0.29) is 31.1 Å². The van der Waals surface area contributed by atoms with E-state index in [2.05, 4.69) is 17.6 Å². The summed E-state index contributed by atoms with van der Waals surface area (Å²) >= 11 is 0. The van der Waals surface area contributed by atoms with Crippen LogP contribution in [0.25, 0.3) is 0 Å². The number of benzene rings is 1. The highest BCUT2D eigenvalue weighted by Crippen LogP contribution is 2.34. The van der Waals surface area contributed by atoms with Gasteiger partial charge in [-0.25, -0.2) is 0 Å². The molecule has 2 atom stereocenters. The SMILES string of the molecule is CCC1(C(=O)NC(C)c2ccc3c(c2)OCO3)CCCN1.Cl. The maximum absolute atomic E-state index is 12.6. The molecule has 0 radical (unpaired) electrons. The summed E-state index contributed by atoms with van der Waals surface area (Å²) < 4.78 is 10.7. The molecule has 122 valence electrons. The average molecular weight is 327 g/mol. The predicted octanol–water partition coefficient (Wildman–Crippen LogP) is 2.55. The largest absolute Gasteiger partial charge is 0.454 e. The third-order valence-corrected chi connectivity index (χ3v) is 4.53. The minimum absolute atomic E-state index is 0. The van der Waals surface area contributed by atoms with E-state index in [1.54, 1.807) is 0 Å². The van der Waals surface area contributed by atoms with Crippen molar-refractivity contribution in [1.29, 1.82) is 0 Å². The smallest absolute Gasteiger partial charge is 0.240 e. The number of carbonyl (C=O) groups excluding carboxylic acids is 1. The zero-order valence-corrected chi connectivity index (χ0v) is 13.8. The molecule has 2 aliphatic heterocycles. The Kier molecular flexibility index (Phi) is 5.19. The van der Waals surface area contributed by atoms with Gasteiger partial charge in [-0.2, -0.15) is 0 Å². The van der Waals surface area contributed by atoms with Gasteiger partial charge in [0, 0.05) is 0 Å². The van der Waals surface area contributed by atoms with Crippen molar-refractivity contribution in [2.24, 2.45) is 0 Å². The first kappa shape index (κ1) is 16.9. The van der Waals surface area contributed by atoms with Crippen LogP contribution in [0.4, 0.5) is 0 Å². The van der Waals surface area contributed by atoms with Gasteiger partial charge in [-0.15, -0.1) is 12.4 Å². The molecule has 2 unspecified atom stereocenters. The zero-order chi connectivity index (χ0) is 14.9. The molecule has 5 nitrogen and oxygen atoms in total. The van der Waals surface area contributed by atoms with Crippen LogP contribution in [0.5, 0.6) is 11.5 Å². The van der Waals surface area contributed by atoms with Gasteiger partial charge in [-0.3, -0.25) is 4.79 Å². The lowest BCUT2D eigenvalue weighted by atomic mass is 9.92. The number of hydrogen-bond acceptors (Lipinski definition) is 4. The van der Waals surface area contributed by atoms with Gasteiger partial charge in [-0.05, 0) is 50.4 Å². The number of nitrogens with one attached hydrogen (secondary N) is 2. The van der Waals surface area contributed by atoms with Crippen molar-refractivity contribution in [2.75, 3.05) is 13.3 Å². The fourth-order valence-electron chi connectivity index (χ4n) is 3.06. The van der Waals surface area contributed by atoms with Crippen LogP contribution in [0.2, 0.25) is 0 Å². The highest BCUT2D eigenvalue weighted by Gasteiger charge is 2.39. The van der Waals surface area contributed by atoms with Crippen LogP contribution in [0.3, 0.4) is 0 Å². The van der Waals surface area contributed by atoms with E-state index in [0.717, 1.165) is 42.9 Å². The number of halogens is 1. The molecule has 6 heteroatoms. The number of fused-ring (bicyclic) bond motifs is 1. The molecular formula is C16H23ClN2O3. The van der Waals surface area contributed by atoms with E-state index in [4.69, 9.17) is 9.47 Å². The molecule has 1 aromatic rings. The maximum atomic E-state index is 12.6. The summed E-state index contributed by atoms with van der Waals surface area (Å²) in [7, 11) is 0. The fraction of sp³-hybridized carbons (Fsp3) is 0.562. The van der Waals surface area contributed by atoms with Crippen LogP contribution in [-0.4, -0.2) is 24.8 Å². The summed E-state index contributed by atoms with van der Waals surface area (Å²) in [4.78, 5) is 12.6. The van der Waals surface area contributed by atoms with Crippen molar-refractivity contribution >= 4 is 18.3 Å². The first-order valence-corrected chi connectivity index (χ1v) is 7.60. The molecule has 1 saturated heterocycles. The van der Waals surface area contributed by atoms with E-state index >= 15 is 0 Å². The van der Waals surface area contributed by atoms with Gasteiger partial charge in [0.2, 0.25) is 12.7 Å². The second-order valence-electron chi connectivity index (χ2n) is 5.77. The lowest BCUT2D eigenvalue weighted by Crippen LogP contribution is -2.53. The number of carbonyl (C=O) groups is 1. The summed E-state index contributed by atoms with van der Waals surface area (Å²) in [6.45, 7) is 5.24. The van der Waals surface area contributed by atoms with Crippen molar-refractivity contribution in [3.8, 4) is 11.5 Å². The third-order valence-electron chi connectivity index (χ3n) is 4.53. The standard InChI is InChI=1S/C16H22N2O3.ClH/c1-3-16(7-4-8-17-16)15(19)18-11(2)12-5-6-13-14(9-12)21-10-20-13;/h5-6,9,11,17H,3-4,7-8,10H2,1-2H3,(H,18,19);1H. The molecule has 1 fully saturated rings. The molecular weight excluding hydrogens is 304 g/mol. The average Bonchev–Trinajstić information content (AvgIpc) is 3.15. The third kappa shape index (κ3) is 3.01. The Balaban J connectivity index is 0.00000176. The molecule has 1 aromatic carbocycles. The van der Waals surface area contributed by atoms with Crippen molar-refractivity contribution in [3.05, 3.63) is 23.8 Å². The van der Waals surface area contributed by atoms with Crippen LogP contribution in [0.15, 0.2) is 18.2 Å². The van der Waals surface area contributed by atoms with Crippen LogP contribution < -0.4 is 20.1 Å². The number of amides is 1. The lowest BCUT2D eigenvalue weighted by Gasteiger charge is -2.28. The van der Waals surface area contributed by atoms with Gasteiger partial charge in [0.15, 0.2) is 11.5 Å². The molecule has 22 heavy (non-hydrogen) atoms. The Hall–Kier alpha value is -1.46. The van der Waals surface area contributed by atoms with Crippen molar-refractivity contribution < 1.29 is 14.3 Å². The van der Waals surface area contributed by atoms with E-state index in [9.17, 15) is 4.79 Å². The van der Waals surface area contributed by atoms with E-state index in [1.165, 1.54) is 0 Å². The highest BCUT2D eigenvalue weighted by atomic mass is 35.5. The van der Waals surface area contributed by atoms with Gasteiger partial charge >= 0.3 is 0 Å². The molecule has 0 saturated carbocycles. The Morgan fingerprint density at radius 2 is 2.18 bits per heavy atom. The lowest BCUT2D eigenvalue weighted by molar-refractivity contribution is -0.128. The Morgan fingerprint density at radius 1 is 1.41 bits per heavy atom. The molecule has 2 aliphatic rings. The minimum Gasteiger partial charge on any atom is -0.454 e. The van der Waals surface area contributed by atoms with Crippen molar-refractivity contribution in [1.82, 2.24) is 10.6 Å². The summed E-state index contributed by atoms with van der Waals surface area (Å²) in [5.74, 6) is 1.60. The summed E-state index contributed by atoms with van der Waals surface area (Å²) in [6.07, 6.45) is 2.77. The molecule has 3 rings (SSSR count). The zero-order valence-electron chi connectivity index (χ0n) is 13.0. The van der Waals surface area contributed by atoms with Crippen LogP contribution in [-0.2, 0) is 4.79 Å². The van der Waals surface area contributed by atoms with E-state index < -0.39 is 5.54 Å². The van der Waals surface area contributed by atoms with E-state index in [1.807, 2.05) is 25.1 Å². The normalized spacial score (nSPS) is 23.7. The minimum atomic E-state index is -0.398. The Morgan fingerprint density at radius 3 is 2.86 bits per heavy atom. The molecule has 1 amide bonds. The van der Waals surface area contributed by atoms with Crippen LogP contribution in [0.1, 0.15) is 44.7 Å². The Bertz CT molecular complexity index is 544.